The minimum Gasteiger partial charge on any atom is -0.379 e. The molecule has 1 aromatic heterocycles. The molecule has 1 aliphatic rings. The van der Waals surface area contributed by atoms with Crippen molar-refractivity contribution in [3.63, 3.8) is 0 Å². The Bertz CT molecular complexity index is 1430. The molecule has 2 N–H and O–H groups in total. The number of ether oxygens (including phenoxy) is 1. The summed E-state index contributed by atoms with van der Waals surface area (Å²) in [6, 6.07) is 12.9. The van der Waals surface area contributed by atoms with Gasteiger partial charge in [0.1, 0.15) is 5.82 Å². The van der Waals surface area contributed by atoms with Crippen molar-refractivity contribution in [1.82, 2.24) is 23.9 Å². The van der Waals surface area contributed by atoms with Crippen LogP contribution >= 0.6 is 0 Å². The zero-order valence-electron chi connectivity index (χ0n) is 19.9. The van der Waals surface area contributed by atoms with Crippen molar-refractivity contribution in [2.75, 3.05) is 39.4 Å². The minimum atomic E-state index is -3.63. The number of nitrogens with one attached hydrogen (secondary N) is 2. The summed E-state index contributed by atoms with van der Waals surface area (Å²) < 4.78 is 61.2. The Morgan fingerprint density at radius 2 is 1.72 bits per heavy atom. The van der Waals surface area contributed by atoms with E-state index in [0.717, 1.165) is 5.52 Å². The van der Waals surface area contributed by atoms with Gasteiger partial charge in [0.2, 0.25) is 26.0 Å². The predicted octanol–water partition coefficient (Wildman–Crippen LogP) is 0.622. The highest BCUT2D eigenvalue weighted by molar-refractivity contribution is 7.89. The number of aryl methyl sites for hydroxylation is 2. The topological polar surface area (TPSA) is 140 Å². The number of aromatic nitrogens is 2. The van der Waals surface area contributed by atoms with E-state index in [1.165, 1.54) is 16.4 Å². The molecule has 0 atom stereocenters. The van der Waals surface area contributed by atoms with Crippen molar-refractivity contribution in [1.29, 1.82) is 0 Å². The lowest BCUT2D eigenvalue weighted by atomic mass is 10.3. The zero-order valence-corrected chi connectivity index (χ0v) is 21.5. The summed E-state index contributed by atoms with van der Waals surface area (Å²) in [4.78, 5) is 17.2. The number of morpholine rings is 1. The number of carbonyl (C=O) groups excluding carboxylic acids is 1. The van der Waals surface area contributed by atoms with Gasteiger partial charge in [-0.25, -0.2) is 26.5 Å². The van der Waals surface area contributed by atoms with E-state index in [1.807, 2.05) is 11.6 Å². The van der Waals surface area contributed by atoms with Gasteiger partial charge in [-0.05, 0) is 30.3 Å². The van der Waals surface area contributed by atoms with Crippen molar-refractivity contribution < 1.29 is 26.4 Å². The normalized spacial score (nSPS) is 15.2. The Balaban J connectivity index is 1.32. The van der Waals surface area contributed by atoms with Gasteiger partial charge in [0.25, 0.3) is 0 Å². The van der Waals surface area contributed by atoms with Crippen LogP contribution in [0.3, 0.4) is 0 Å². The largest absolute Gasteiger partial charge is 0.379 e. The summed E-state index contributed by atoms with van der Waals surface area (Å²) in [5.41, 5.74) is 1.30. The summed E-state index contributed by atoms with van der Waals surface area (Å²) in [6.45, 7) is 1.59. The Kier molecular flexibility index (Phi) is 8.05. The summed E-state index contributed by atoms with van der Waals surface area (Å²) >= 11 is 0. The highest BCUT2D eigenvalue weighted by Gasteiger charge is 2.27. The molecule has 13 heteroatoms. The van der Waals surface area contributed by atoms with Gasteiger partial charge in [0, 0.05) is 46.1 Å². The van der Waals surface area contributed by atoms with Crippen LogP contribution in [0.1, 0.15) is 12.2 Å². The Morgan fingerprint density at radius 1 is 1.00 bits per heavy atom. The molecule has 1 aliphatic heterocycles. The molecule has 1 fully saturated rings. The average Bonchev–Trinajstić information content (AvgIpc) is 3.21. The van der Waals surface area contributed by atoms with E-state index in [4.69, 9.17) is 4.74 Å². The van der Waals surface area contributed by atoms with Crippen LogP contribution in [-0.4, -0.2) is 76.0 Å². The maximum absolute atomic E-state index is 12.9. The molecule has 0 radical (unpaired) electrons. The number of fused-ring (bicyclic) bond motifs is 1. The minimum absolute atomic E-state index is 0.0651. The highest BCUT2D eigenvalue weighted by atomic mass is 32.2. The second kappa shape index (κ2) is 11.0. The summed E-state index contributed by atoms with van der Waals surface area (Å²) in [5, 5.41) is 2.70. The fraction of sp³-hybridized carbons (Fsp3) is 0.391. The third-order valence-electron chi connectivity index (χ3n) is 5.92. The van der Waals surface area contributed by atoms with Crippen molar-refractivity contribution >= 4 is 37.0 Å². The molecule has 4 rings (SSSR count). The summed E-state index contributed by atoms with van der Waals surface area (Å²) in [7, 11) is -5.44. The van der Waals surface area contributed by atoms with Gasteiger partial charge in [-0.3, -0.25) is 4.79 Å². The molecule has 11 nitrogen and oxygen atoms in total. The number of hydrogen-bond acceptors (Lipinski definition) is 7. The van der Waals surface area contributed by atoms with Gasteiger partial charge in [-0.15, -0.1) is 0 Å². The summed E-state index contributed by atoms with van der Waals surface area (Å²) in [6.07, 6.45) is 0.500. The van der Waals surface area contributed by atoms with E-state index in [1.54, 1.807) is 36.4 Å². The second-order valence-electron chi connectivity index (χ2n) is 8.31. The number of imidazole rings is 1. The van der Waals surface area contributed by atoms with Crippen LogP contribution in [0.15, 0.2) is 58.3 Å². The first-order valence-corrected chi connectivity index (χ1v) is 14.5. The first-order chi connectivity index (χ1) is 17.2. The Hall–Kier alpha value is -2.84. The van der Waals surface area contributed by atoms with E-state index in [9.17, 15) is 21.6 Å². The van der Waals surface area contributed by atoms with E-state index in [0.29, 0.717) is 44.1 Å². The molecular weight excluding hydrogens is 506 g/mol. The molecule has 0 saturated carbocycles. The van der Waals surface area contributed by atoms with Crippen molar-refractivity contribution in [2.45, 2.75) is 22.6 Å². The van der Waals surface area contributed by atoms with Crippen LogP contribution < -0.4 is 10.0 Å². The zero-order chi connectivity index (χ0) is 25.8. The highest BCUT2D eigenvalue weighted by Crippen LogP contribution is 2.23. The van der Waals surface area contributed by atoms with Crippen molar-refractivity contribution in [3.8, 4) is 0 Å². The lowest BCUT2D eigenvalue weighted by Crippen LogP contribution is -2.40. The van der Waals surface area contributed by atoms with Gasteiger partial charge in [0.15, 0.2) is 0 Å². The van der Waals surface area contributed by atoms with Crippen LogP contribution in [-0.2, 0) is 43.0 Å². The van der Waals surface area contributed by atoms with Gasteiger partial charge >= 0.3 is 0 Å². The molecule has 2 aromatic carbocycles. The SMILES string of the molecule is Cn1c(CCC(=O)NCCNS(=O)(=O)c2ccccc2)nc2cc(S(=O)(=O)N3CCOCC3)ccc21. The standard InChI is InChI=1S/C23H29N5O6S2/c1-27-21-8-7-19(36(32,33)28-13-15-34-16-14-28)17-20(21)26-22(27)9-10-23(29)24-11-12-25-35(30,31)18-5-3-2-4-6-18/h2-8,17,25H,9-16H2,1H3,(H,24,29). The molecule has 0 spiro atoms. The van der Waals surface area contributed by atoms with E-state index in [2.05, 4.69) is 15.0 Å². The Morgan fingerprint density at radius 3 is 2.44 bits per heavy atom. The number of benzene rings is 2. The molecular formula is C23H29N5O6S2. The molecule has 0 unspecified atom stereocenters. The smallest absolute Gasteiger partial charge is 0.243 e. The van der Waals surface area contributed by atoms with Gasteiger partial charge in [-0.1, -0.05) is 18.2 Å². The quantitative estimate of drug-likeness (QED) is 0.363. The third kappa shape index (κ3) is 5.93. The van der Waals surface area contributed by atoms with E-state index >= 15 is 0 Å². The van der Waals surface area contributed by atoms with Crippen LogP contribution in [0.2, 0.25) is 0 Å². The Labute approximate surface area is 210 Å². The fourth-order valence-electron chi connectivity index (χ4n) is 3.93. The first-order valence-electron chi connectivity index (χ1n) is 11.5. The van der Waals surface area contributed by atoms with E-state index < -0.39 is 20.0 Å². The second-order valence-corrected chi connectivity index (χ2v) is 12.0. The molecule has 1 amide bonds. The van der Waals surface area contributed by atoms with Crippen molar-refractivity contribution in [2.24, 2.45) is 7.05 Å². The van der Waals surface area contributed by atoms with Crippen LogP contribution in [0.4, 0.5) is 0 Å². The van der Waals surface area contributed by atoms with Crippen LogP contribution in [0.25, 0.3) is 11.0 Å². The predicted molar refractivity (Wildman–Crippen MR) is 133 cm³/mol. The number of amides is 1. The molecule has 1 saturated heterocycles. The van der Waals surface area contributed by atoms with Crippen LogP contribution in [0, 0.1) is 0 Å². The summed E-state index contributed by atoms with van der Waals surface area (Å²) in [5.74, 6) is 0.405. The molecule has 2 heterocycles. The molecule has 0 bridgehead atoms. The lowest BCUT2D eigenvalue weighted by molar-refractivity contribution is -0.121. The third-order valence-corrected chi connectivity index (χ3v) is 9.29. The monoisotopic (exact) mass is 535 g/mol. The molecule has 3 aromatic rings. The fourth-order valence-corrected chi connectivity index (χ4v) is 6.42. The van der Waals surface area contributed by atoms with Crippen molar-refractivity contribution in [3.05, 3.63) is 54.4 Å². The number of sulfonamides is 2. The maximum atomic E-state index is 12.9. The van der Waals surface area contributed by atoms with Gasteiger partial charge in [-0.2, -0.15) is 4.31 Å². The molecule has 194 valence electrons. The van der Waals surface area contributed by atoms with Gasteiger partial charge in [0.05, 0.1) is 34.0 Å². The molecule has 0 aliphatic carbocycles. The first kappa shape index (κ1) is 26.2. The maximum Gasteiger partial charge on any atom is 0.243 e. The van der Waals surface area contributed by atoms with Gasteiger partial charge < -0.3 is 14.6 Å². The van der Waals surface area contributed by atoms with E-state index in [-0.39, 0.29) is 35.2 Å². The molecule has 36 heavy (non-hydrogen) atoms. The number of carbonyl (C=O) groups is 1. The number of hydrogen-bond donors (Lipinski definition) is 2. The average molecular weight is 536 g/mol. The number of rotatable bonds is 10. The van der Waals surface area contributed by atoms with Crippen LogP contribution in [0.5, 0.6) is 0 Å². The lowest BCUT2D eigenvalue weighted by Gasteiger charge is -2.26. The number of nitrogens with zero attached hydrogens (tertiary/aromatic N) is 3.